The van der Waals surface area contributed by atoms with Gasteiger partial charge in [-0.1, -0.05) is 0 Å². The van der Waals surface area contributed by atoms with Crippen molar-refractivity contribution in [2.75, 3.05) is 11.5 Å². The van der Waals surface area contributed by atoms with E-state index in [1.165, 1.54) is 12.5 Å². The van der Waals surface area contributed by atoms with Crippen molar-refractivity contribution < 1.29 is 0 Å². The number of hydrogen-bond donors (Lipinski definition) is 2. The van der Waals surface area contributed by atoms with Crippen molar-refractivity contribution in [1.82, 2.24) is 55.1 Å². The first-order chi connectivity index (χ1) is 21.5. The highest BCUT2D eigenvalue weighted by molar-refractivity contribution is 5.34. The summed E-state index contributed by atoms with van der Waals surface area (Å²) in [7, 11) is 0. The Morgan fingerprint density at radius 2 is 1.09 bits per heavy atom. The predicted octanol–water partition coefficient (Wildman–Crippen LogP) is 4.79. The average Bonchev–Trinajstić information content (AvgIpc) is 3.03. The van der Waals surface area contributed by atoms with E-state index in [1.807, 2.05) is 78.8 Å². The number of rotatable bonds is 0. The lowest BCUT2D eigenvalue weighted by Gasteiger charge is -1.89. The zero-order valence-electron chi connectivity index (χ0n) is 26.8. The zero-order chi connectivity index (χ0) is 33.3. The van der Waals surface area contributed by atoms with E-state index in [0.717, 1.165) is 45.5 Å². The lowest BCUT2D eigenvalue weighted by atomic mass is 10.4. The molecule has 234 valence electrons. The summed E-state index contributed by atoms with van der Waals surface area (Å²) in [6.45, 7) is 13.4. The van der Waals surface area contributed by atoms with Crippen molar-refractivity contribution in [1.29, 1.82) is 0 Å². The summed E-state index contributed by atoms with van der Waals surface area (Å²) in [6, 6.07) is 9.35. The van der Waals surface area contributed by atoms with Crippen molar-refractivity contribution in [3.05, 3.63) is 138 Å². The van der Waals surface area contributed by atoms with Crippen molar-refractivity contribution >= 4 is 11.5 Å². The SMILES string of the molecule is Cc1ccc(N)cn1.Cc1cccnn1.Cc1ccncn1.Cc1cnc(C)cn1.Cc1cncc(N)n1.Cc1cnccn1. The maximum absolute atomic E-state index is 5.36. The molecule has 0 aliphatic rings. The van der Waals surface area contributed by atoms with Crippen LogP contribution in [-0.2, 0) is 0 Å². The van der Waals surface area contributed by atoms with Gasteiger partial charge in [0, 0.05) is 61.0 Å². The van der Waals surface area contributed by atoms with E-state index in [1.54, 1.807) is 55.8 Å². The van der Waals surface area contributed by atoms with Gasteiger partial charge in [0.15, 0.2) is 0 Å². The molecule has 0 aliphatic carbocycles. The molecule has 0 radical (unpaired) electrons. The normalized spacial score (nSPS) is 8.96. The largest absolute Gasteiger partial charge is 0.397 e. The standard InChI is InChI=1S/2C6H8N2.C5H7N3.3C5H6N2/c1-5-3-8-6(2)4-7-5;1-5-2-3-6(7)4-8-5;1-4-2-7-3-5(6)8-4;1-5-4-6-2-3-7-5;1-5-2-3-6-4-7-5;1-5-3-2-4-6-7-5/h3-4H,1-2H3;2-4H,7H2,1H3;2-3H,1H3,(H2,6,8);3*2-4H,1H3. The Bertz CT molecular complexity index is 1360. The fourth-order valence-corrected chi connectivity index (χ4v) is 2.53. The van der Waals surface area contributed by atoms with Gasteiger partial charge < -0.3 is 11.5 Å². The van der Waals surface area contributed by atoms with E-state index in [0.29, 0.717) is 5.82 Å². The van der Waals surface area contributed by atoms with Crippen molar-refractivity contribution in [2.24, 2.45) is 0 Å². The molecule has 13 nitrogen and oxygen atoms in total. The Hall–Kier alpha value is -5.85. The van der Waals surface area contributed by atoms with Gasteiger partial charge in [-0.25, -0.2) is 15.0 Å². The predicted molar refractivity (Wildman–Crippen MR) is 176 cm³/mol. The molecule has 6 aromatic heterocycles. The van der Waals surface area contributed by atoms with E-state index >= 15 is 0 Å². The molecule has 0 saturated heterocycles. The molecule has 0 amide bonds. The van der Waals surface area contributed by atoms with Crippen LogP contribution in [0.1, 0.15) is 39.9 Å². The minimum absolute atomic E-state index is 0.477. The van der Waals surface area contributed by atoms with Gasteiger partial charge in [0.05, 0.1) is 46.6 Å². The molecule has 6 heterocycles. The van der Waals surface area contributed by atoms with E-state index in [4.69, 9.17) is 11.5 Å². The molecule has 0 spiro atoms. The Morgan fingerprint density at radius 3 is 1.40 bits per heavy atom. The third-order valence-electron chi connectivity index (χ3n) is 4.75. The first-order valence-electron chi connectivity index (χ1n) is 13.7. The van der Waals surface area contributed by atoms with Gasteiger partial charge in [-0.2, -0.15) is 10.2 Å². The van der Waals surface area contributed by atoms with Gasteiger partial charge in [0.1, 0.15) is 12.1 Å². The van der Waals surface area contributed by atoms with Gasteiger partial charge in [0.2, 0.25) is 0 Å². The molecule has 4 N–H and O–H groups in total. The van der Waals surface area contributed by atoms with Crippen LogP contribution in [0.5, 0.6) is 0 Å². The average molecular weight is 608 g/mol. The quantitative estimate of drug-likeness (QED) is 0.239. The molecule has 0 fully saturated rings. The monoisotopic (exact) mass is 607 g/mol. The first kappa shape index (κ1) is 37.2. The van der Waals surface area contributed by atoms with Crippen LogP contribution in [0.15, 0.2) is 98.6 Å². The second kappa shape index (κ2) is 22.7. The molecule has 0 bridgehead atoms. The van der Waals surface area contributed by atoms with Crippen molar-refractivity contribution in [2.45, 2.75) is 48.5 Å². The molecule has 0 aromatic carbocycles. The number of hydrogen-bond acceptors (Lipinski definition) is 13. The van der Waals surface area contributed by atoms with Crippen LogP contribution >= 0.6 is 0 Å². The minimum atomic E-state index is 0.477. The Balaban J connectivity index is 0.000000270. The highest BCUT2D eigenvalue weighted by Crippen LogP contribution is 1.98. The number of nitrogens with two attached hydrogens (primary N) is 2. The summed E-state index contributed by atoms with van der Waals surface area (Å²) >= 11 is 0. The summed E-state index contributed by atoms with van der Waals surface area (Å²) in [5.41, 5.74) is 18.1. The number of aryl methyl sites for hydroxylation is 7. The van der Waals surface area contributed by atoms with E-state index in [9.17, 15) is 0 Å². The van der Waals surface area contributed by atoms with Crippen molar-refractivity contribution in [3.8, 4) is 0 Å². The molecular formula is C32H41N13. The highest BCUT2D eigenvalue weighted by Gasteiger charge is 1.85. The van der Waals surface area contributed by atoms with Gasteiger partial charge in [-0.15, -0.1) is 0 Å². The topological polar surface area (TPSA) is 194 Å². The molecular weight excluding hydrogens is 566 g/mol. The minimum Gasteiger partial charge on any atom is -0.397 e. The van der Waals surface area contributed by atoms with Crippen LogP contribution in [-0.4, -0.2) is 55.1 Å². The van der Waals surface area contributed by atoms with Gasteiger partial charge in [0.25, 0.3) is 0 Å². The molecule has 6 aromatic rings. The number of nitrogen functional groups attached to an aromatic ring is 2. The molecule has 6 rings (SSSR count). The summed E-state index contributed by atoms with van der Waals surface area (Å²) in [6.07, 6.45) is 18.3. The summed E-state index contributed by atoms with van der Waals surface area (Å²) in [4.78, 5) is 35.0. The van der Waals surface area contributed by atoms with E-state index in [-0.39, 0.29) is 0 Å². The number of anilines is 2. The van der Waals surface area contributed by atoms with Crippen LogP contribution in [0.25, 0.3) is 0 Å². The molecule has 13 heteroatoms. The number of aromatic nitrogens is 11. The van der Waals surface area contributed by atoms with Crippen LogP contribution in [0.3, 0.4) is 0 Å². The maximum atomic E-state index is 5.36. The van der Waals surface area contributed by atoms with Gasteiger partial charge in [-0.3, -0.25) is 29.9 Å². The lowest BCUT2D eigenvalue weighted by Crippen LogP contribution is -1.91. The van der Waals surface area contributed by atoms with Crippen LogP contribution in [0.2, 0.25) is 0 Å². The van der Waals surface area contributed by atoms with E-state index in [2.05, 4.69) is 55.1 Å². The van der Waals surface area contributed by atoms with Gasteiger partial charge in [-0.05, 0) is 78.8 Å². The van der Waals surface area contributed by atoms with Crippen LogP contribution in [0, 0.1) is 48.5 Å². The Morgan fingerprint density at radius 1 is 0.444 bits per heavy atom. The van der Waals surface area contributed by atoms with Crippen LogP contribution < -0.4 is 11.5 Å². The second-order valence-electron chi connectivity index (χ2n) is 9.18. The first-order valence-corrected chi connectivity index (χ1v) is 13.7. The molecule has 0 saturated carbocycles. The maximum Gasteiger partial charge on any atom is 0.142 e. The molecule has 45 heavy (non-hydrogen) atoms. The van der Waals surface area contributed by atoms with Gasteiger partial charge >= 0.3 is 0 Å². The number of pyridine rings is 1. The fourth-order valence-electron chi connectivity index (χ4n) is 2.53. The third-order valence-corrected chi connectivity index (χ3v) is 4.75. The zero-order valence-corrected chi connectivity index (χ0v) is 26.8. The lowest BCUT2D eigenvalue weighted by molar-refractivity contribution is 0.980. The Labute approximate surface area is 264 Å². The molecule has 0 atom stereocenters. The fraction of sp³-hybridized carbons (Fsp3) is 0.219. The summed E-state index contributed by atoms with van der Waals surface area (Å²) < 4.78 is 0. The van der Waals surface area contributed by atoms with Crippen LogP contribution in [0.4, 0.5) is 11.5 Å². The second-order valence-corrected chi connectivity index (χ2v) is 9.18. The summed E-state index contributed by atoms with van der Waals surface area (Å²) in [5, 5.41) is 7.36. The third kappa shape index (κ3) is 21.5. The van der Waals surface area contributed by atoms with E-state index < -0.39 is 0 Å². The Kier molecular flexibility index (Phi) is 18.8. The summed E-state index contributed by atoms with van der Waals surface area (Å²) in [5.74, 6) is 0.477. The highest BCUT2D eigenvalue weighted by atomic mass is 15.1. The molecule has 0 aliphatic heterocycles. The number of nitrogens with zero attached hydrogens (tertiary/aromatic N) is 11. The smallest absolute Gasteiger partial charge is 0.142 e. The molecule has 0 unspecified atom stereocenters. The van der Waals surface area contributed by atoms with Crippen molar-refractivity contribution in [3.63, 3.8) is 0 Å².